The van der Waals surface area contributed by atoms with Crippen LogP contribution >= 0.6 is 11.8 Å². The largest absolute Gasteiger partial charge is 0.512 e. The fourth-order valence-corrected chi connectivity index (χ4v) is 3.19. The number of nitrogens with zero attached hydrogens (tertiary/aromatic N) is 1. The highest BCUT2D eigenvalue weighted by molar-refractivity contribution is 8.00. The summed E-state index contributed by atoms with van der Waals surface area (Å²) in [5.41, 5.74) is 6.29. The van der Waals surface area contributed by atoms with Gasteiger partial charge < -0.3 is 25.1 Å². The molecule has 2 aliphatic rings. The second kappa shape index (κ2) is 6.44. The lowest BCUT2D eigenvalue weighted by Crippen LogP contribution is -2.68. The molecule has 20 heavy (non-hydrogen) atoms. The maximum absolute atomic E-state index is 11.7. The fraction of sp³-hybridized carbons (Fsp3) is 0.636. The topological polar surface area (TPSA) is 111 Å². The lowest BCUT2D eigenvalue weighted by atomic mass is 10.1. The van der Waals surface area contributed by atoms with Gasteiger partial charge in [-0.3, -0.25) is 9.69 Å². The van der Waals surface area contributed by atoms with Crippen molar-refractivity contribution in [2.75, 3.05) is 32.7 Å². The van der Waals surface area contributed by atoms with Crippen molar-refractivity contribution in [3.8, 4) is 0 Å². The first-order valence-corrected chi connectivity index (χ1v) is 7.01. The number of carboxylic acid groups (broad SMARTS) is 1. The summed E-state index contributed by atoms with van der Waals surface area (Å²) >= 11 is 1.47. The smallest absolute Gasteiger partial charge is 0.449 e. The van der Waals surface area contributed by atoms with Gasteiger partial charge in [-0.15, -0.1) is 11.8 Å². The zero-order valence-corrected chi connectivity index (χ0v) is 11.7. The van der Waals surface area contributed by atoms with Crippen molar-refractivity contribution >= 4 is 23.8 Å². The number of rotatable bonds is 6. The molecule has 2 heterocycles. The van der Waals surface area contributed by atoms with E-state index in [1.165, 1.54) is 16.7 Å². The first-order chi connectivity index (χ1) is 9.56. The zero-order chi connectivity index (χ0) is 14.7. The van der Waals surface area contributed by atoms with Gasteiger partial charge in [0.1, 0.15) is 11.4 Å². The summed E-state index contributed by atoms with van der Waals surface area (Å²) in [7, 11) is 1.56. The molecule has 112 valence electrons. The molecule has 0 spiro atoms. The summed E-state index contributed by atoms with van der Waals surface area (Å²) in [6.07, 6.45) is -1.46. The van der Waals surface area contributed by atoms with E-state index < -0.39 is 12.2 Å². The molecule has 0 aromatic carbocycles. The SMILES string of the molecule is COCCOCC1=C(OC(=O)O)N2C(=O)C(N)[C@@H]2SC1. The van der Waals surface area contributed by atoms with Crippen molar-refractivity contribution in [1.82, 2.24) is 4.90 Å². The van der Waals surface area contributed by atoms with E-state index in [4.69, 9.17) is 25.1 Å². The van der Waals surface area contributed by atoms with Crippen molar-refractivity contribution in [1.29, 1.82) is 0 Å². The van der Waals surface area contributed by atoms with Crippen LogP contribution in [0, 0.1) is 0 Å². The first kappa shape index (κ1) is 15.1. The predicted molar refractivity (Wildman–Crippen MR) is 69.9 cm³/mol. The Hall–Kier alpha value is -1.29. The second-order valence-electron chi connectivity index (χ2n) is 4.26. The molecule has 0 aromatic heterocycles. The van der Waals surface area contributed by atoms with Gasteiger partial charge in [0, 0.05) is 18.4 Å². The summed E-state index contributed by atoms with van der Waals surface area (Å²) in [4.78, 5) is 23.8. The number of carbonyl (C=O) groups is 2. The van der Waals surface area contributed by atoms with Crippen LogP contribution in [0.2, 0.25) is 0 Å². The molecule has 3 N–H and O–H groups in total. The first-order valence-electron chi connectivity index (χ1n) is 5.96. The number of nitrogens with two attached hydrogens (primary N) is 1. The van der Waals surface area contributed by atoms with E-state index in [0.29, 0.717) is 24.5 Å². The van der Waals surface area contributed by atoms with E-state index in [-0.39, 0.29) is 23.8 Å². The summed E-state index contributed by atoms with van der Waals surface area (Å²) in [5.74, 6) is 0.204. The van der Waals surface area contributed by atoms with Gasteiger partial charge in [-0.25, -0.2) is 4.79 Å². The number of fused-ring (bicyclic) bond motifs is 1. The minimum absolute atomic E-state index is 0.0327. The second-order valence-corrected chi connectivity index (χ2v) is 5.36. The van der Waals surface area contributed by atoms with Crippen LogP contribution in [0.4, 0.5) is 4.79 Å². The van der Waals surface area contributed by atoms with Crippen molar-refractivity contribution < 1.29 is 28.9 Å². The highest BCUT2D eigenvalue weighted by atomic mass is 32.2. The molecule has 0 radical (unpaired) electrons. The Morgan fingerprint density at radius 2 is 2.30 bits per heavy atom. The minimum Gasteiger partial charge on any atom is -0.449 e. The molecule has 0 aliphatic carbocycles. The van der Waals surface area contributed by atoms with Gasteiger partial charge >= 0.3 is 6.16 Å². The van der Waals surface area contributed by atoms with E-state index in [1.54, 1.807) is 7.11 Å². The van der Waals surface area contributed by atoms with Gasteiger partial charge in [-0.05, 0) is 0 Å². The number of β-lactam (4-membered cyclic amide) rings is 1. The summed E-state index contributed by atoms with van der Waals surface area (Å²) in [6, 6.07) is -0.608. The highest BCUT2D eigenvalue weighted by Crippen LogP contribution is 2.39. The van der Waals surface area contributed by atoms with Gasteiger partial charge in [0.05, 0.1) is 19.8 Å². The number of amides is 1. The third-order valence-electron chi connectivity index (χ3n) is 2.93. The molecule has 9 heteroatoms. The molecule has 1 fully saturated rings. The zero-order valence-electron chi connectivity index (χ0n) is 10.9. The summed E-state index contributed by atoms with van der Waals surface area (Å²) < 4.78 is 14.9. The normalized spacial score (nSPS) is 25.3. The van der Waals surface area contributed by atoms with E-state index in [2.05, 4.69) is 0 Å². The molecule has 2 atom stereocenters. The number of hydrogen-bond donors (Lipinski definition) is 2. The number of methoxy groups -OCH3 is 1. The molecular weight excluding hydrogens is 288 g/mol. The molecule has 0 bridgehead atoms. The van der Waals surface area contributed by atoms with Gasteiger partial charge in [-0.1, -0.05) is 0 Å². The van der Waals surface area contributed by atoms with Gasteiger partial charge in [-0.2, -0.15) is 0 Å². The van der Waals surface area contributed by atoms with E-state index >= 15 is 0 Å². The van der Waals surface area contributed by atoms with Crippen molar-refractivity contribution in [3.63, 3.8) is 0 Å². The van der Waals surface area contributed by atoms with Crippen molar-refractivity contribution in [2.24, 2.45) is 5.73 Å². The van der Waals surface area contributed by atoms with Crippen LogP contribution in [0.25, 0.3) is 0 Å². The highest BCUT2D eigenvalue weighted by Gasteiger charge is 2.51. The number of ether oxygens (including phenoxy) is 3. The number of hydrogen-bond acceptors (Lipinski definition) is 7. The van der Waals surface area contributed by atoms with Crippen molar-refractivity contribution in [3.05, 3.63) is 11.5 Å². The molecule has 8 nitrogen and oxygen atoms in total. The maximum atomic E-state index is 11.7. The summed E-state index contributed by atoms with van der Waals surface area (Å²) in [5, 5.41) is 8.52. The monoisotopic (exact) mass is 304 g/mol. The molecule has 2 rings (SSSR count). The molecule has 2 aliphatic heterocycles. The van der Waals surface area contributed by atoms with Crippen LogP contribution in [0.1, 0.15) is 0 Å². The lowest BCUT2D eigenvalue weighted by molar-refractivity contribution is -0.144. The Morgan fingerprint density at radius 3 is 2.95 bits per heavy atom. The average Bonchev–Trinajstić information content (AvgIpc) is 2.42. The Morgan fingerprint density at radius 1 is 1.55 bits per heavy atom. The van der Waals surface area contributed by atoms with Crippen LogP contribution in [-0.2, 0) is 19.0 Å². The van der Waals surface area contributed by atoms with Crippen LogP contribution in [0.15, 0.2) is 11.5 Å². The number of thioether (sulfide) groups is 1. The Labute approximate surface area is 119 Å². The van der Waals surface area contributed by atoms with Gasteiger partial charge in [0.15, 0.2) is 0 Å². The third kappa shape index (κ3) is 2.90. The maximum Gasteiger partial charge on any atom is 0.512 e. The van der Waals surface area contributed by atoms with Gasteiger partial charge in [0.25, 0.3) is 0 Å². The van der Waals surface area contributed by atoms with Gasteiger partial charge in [0.2, 0.25) is 11.8 Å². The Kier molecular flexibility index (Phi) is 4.86. The lowest BCUT2D eigenvalue weighted by Gasteiger charge is -2.47. The van der Waals surface area contributed by atoms with Crippen LogP contribution in [0.3, 0.4) is 0 Å². The molecular formula is C11H16N2O6S. The van der Waals surface area contributed by atoms with E-state index in [1.807, 2.05) is 0 Å². The van der Waals surface area contributed by atoms with E-state index in [0.717, 1.165) is 0 Å². The van der Waals surface area contributed by atoms with E-state index in [9.17, 15) is 9.59 Å². The van der Waals surface area contributed by atoms with Crippen LogP contribution in [-0.4, -0.2) is 66.2 Å². The predicted octanol–water partition coefficient (Wildman–Crippen LogP) is -0.202. The number of carbonyl (C=O) groups excluding carboxylic acids is 1. The Balaban J connectivity index is 2.08. The van der Waals surface area contributed by atoms with Crippen molar-refractivity contribution in [2.45, 2.75) is 11.4 Å². The molecule has 1 saturated heterocycles. The standard InChI is InChI=1S/C11H16N2O6S/c1-17-2-3-18-4-6-5-20-10-7(12)8(14)13(10)9(6)19-11(15)16/h7,10H,2-5,12H2,1H3,(H,15,16)/t7?,10-/m0/s1. The molecule has 0 saturated carbocycles. The fourth-order valence-electron chi connectivity index (χ4n) is 1.94. The molecule has 0 aromatic rings. The third-order valence-corrected chi connectivity index (χ3v) is 4.29. The molecule has 1 amide bonds. The quantitative estimate of drug-likeness (QED) is 0.394. The summed E-state index contributed by atoms with van der Waals surface area (Å²) in [6.45, 7) is 0.998. The minimum atomic E-state index is -1.46. The van der Waals surface area contributed by atoms with Crippen LogP contribution in [0.5, 0.6) is 0 Å². The molecule has 1 unspecified atom stereocenters. The Bertz CT molecular complexity index is 441. The van der Waals surface area contributed by atoms with Crippen LogP contribution < -0.4 is 5.73 Å². The average molecular weight is 304 g/mol.